The molecule has 1 N–H and O–H groups in total. The van der Waals surface area contributed by atoms with Crippen molar-refractivity contribution in [2.24, 2.45) is 13.0 Å². The minimum atomic E-state index is -0.282. The van der Waals surface area contributed by atoms with Crippen LogP contribution in [0.25, 0.3) is 11.0 Å². The molecule has 2 atom stereocenters. The molecule has 2 aliphatic rings. The van der Waals surface area contributed by atoms with Crippen LogP contribution in [0.15, 0.2) is 24.3 Å². The van der Waals surface area contributed by atoms with Gasteiger partial charge in [0.1, 0.15) is 11.9 Å². The molecule has 0 radical (unpaired) electrons. The van der Waals surface area contributed by atoms with Gasteiger partial charge in [0.15, 0.2) is 5.52 Å². The van der Waals surface area contributed by atoms with Gasteiger partial charge in [-0.25, -0.2) is 4.98 Å². The van der Waals surface area contributed by atoms with E-state index in [1.165, 1.54) is 17.5 Å². The quantitative estimate of drug-likeness (QED) is 0.300. The number of aromatic nitrogens is 3. The summed E-state index contributed by atoms with van der Waals surface area (Å²) in [6.07, 6.45) is 5.67. The van der Waals surface area contributed by atoms with Crippen molar-refractivity contribution in [3.05, 3.63) is 41.0 Å². The van der Waals surface area contributed by atoms with Gasteiger partial charge in [0.25, 0.3) is 12.4 Å². The van der Waals surface area contributed by atoms with Crippen molar-refractivity contribution in [1.29, 1.82) is 0 Å². The Morgan fingerprint density at radius 1 is 1.15 bits per heavy atom. The minimum Gasteiger partial charge on any atom is -0.483 e. The van der Waals surface area contributed by atoms with Gasteiger partial charge < -0.3 is 9.84 Å². The predicted molar refractivity (Wildman–Crippen MR) is 154 cm³/mol. The molecule has 3 aromatic rings. The zero-order valence-corrected chi connectivity index (χ0v) is 24.1. The summed E-state index contributed by atoms with van der Waals surface area (Å²) >= 11 is 0. The lowest BCUT2D eigenvalue weighted by molar-refractivity contribution is -0.122. The van der Waals surface area contributed by atoms with Gasteiger partial charge in [0.05, 0.1) is 11.2 Å². The summed E-state index contributed by atoms with van der Waals surface area (Å²) in [5, 5.41) is 11.5. The summed E-state index contributed by atoms with van der Waals surface area (Å²) < 4.78 is 8.10. The Hall–Kier alpha value is -3.86. The average Bonchev–Trinajstić information content (AvgIpc) is 3.61. The Morgan fingerprint density at radius 3 is 2.41 bits per heavy atom. The number of fused-ring (bicyclic) bond motifs is 1. The molecular weight excluding hydrogens is 492 g/mol. The van der Waals surface area contributed by atoms with Gasteiger partial charge in [-0.05, 0) is 106 Å². The normalized spacial score (nSPS) is 17.6. The van der Waals surface area contributed by atoms with Crippen LogP contribution in [-0.2, 0) is 16.6 Å². The van der Waals surface area contributed by atoms with Crippen molar-refractivity contribution >= 4 is 34.9 Å². The number of carboxylic acid groups (broad SMARTS) is 1. The highest BCUT2D eigenvalue weighted by molar-refractivity contribution is 6.11. The maximum Gasteiger partial charge on any atom is 0.308 e. The van der Waals surface area contributed by atoms with E-state index >= 15 is 0 Å². The minimum absolute atomic E-state index is 0.156. The molecule has 0 spiro atoms. The van der Waals surface area contributed by atoms with Crippen LogP contribution in [0.3, 0.4) is 0 Å². The molecule has 8 heteroatoms. The third kappa shape index (κ3) is 6.78. The second kappa shape index (κ2) is 13.3. The molecule has 1 aromatic carbocycles. The van der Waals surface area contributed by atoms with Gasteiger partial charge in [0, 0.05) is 7.05 Å². The van der Waals surface area contributed by atoms with E-state index in [-0.39, 0.29) is 18.5 Å². The number of benzene rings is 1. The fourth-order valence-electron chi connectivity index (χ4n) is 4.96. The highest BCUT2D eigenvalue weighted by Gasteiger charge is 2.32. The fourth-order valence-corrected chi connectivity index (χ4v) is 4.96. The molecule has 0 saturated heterocycles. The molecule has 0 bridgehead atoms. The van der Waals surface area contributed by atoms with Crippen LogP contribution in [0, 0.1) is 31.6 Å². The number of rotatable bonds is 5. The Morgan fingerprint density at radius 2 is 1.82 bits per heavy atom. The number of amides is 1. The number of hydrogen-bond donors (Lipinski definition) is 1. The second-order valence-corrected chi connectivity index (χ2v) is 10.0. The van der Waals surface area contributed by atoms with E-state index in [0.29, 0.717) is 29.1 Å². The van der Waals surface area contributed by atoms with Crippen molar-refractivity contribution in [3.63, 3.8) is 0 Å². The van der Waals surface area contributed by atoms with Crippen LogP contribution in [0.1, 0.15) is 82.4 Å². The Balaban J connectivity index is 0.000000787. The van der Waals surface area contributed by atoms with Crippen molar-refractivity contribution in [3.8, 4) is 17.7 Å². The average molecular weight is 533 g/mol. The lowest BCUT2D eigenvalue weighted by Gasteiger charge is -2.24. The van der Waals surface area contributed by atoms with E-state index in [2.05, 4.69) is 49.8 Å². The summed E-state index contributed by atoms with van der Waals surface area (Å²) in [4.78, 5) is 28.3. The standard InChI is InChI=1S/C28H32N4O2.C2H6.CH2O2/c1-6-7-26(33)32(24-16-19(4)18(3)15-22(24)20-9-10-20)25-13-12-23-27(29-25)28(30-31(23)5)34-21-11-8-17(2)14-21;1-2;2-1-3/h12-13,15-17,20-21H,8-11,14H2,1-5H3;1-2H3;1H,(H,2,3). The van der Waals surface area contributed by atoms with Crippen LogP contribution in [0.2, 0.25) is 0 Å². The molecule has 5 rings (SSSR count). The zero-order chi connectivity index (χ0) is 28.7. The number of nitrogens with zero attached hydrogens (tertiary/aromatic N) is 4. The molecule has 2 fully saturated rings. The van der Waals surface area contributed by atoms with Crippen LogP contribution >= 0.6 is 0 Å². The monoisotopic (exact) mass is 532 g/mol. The highest BCUT2D eigenvalue weighted by atomic mass is 16.5. The molecule has 2 heterocycles. The molecule has 2 aromatic heterocycles. The number of pyridine rings is 1. The van der Waals surface area contributed by atoms with E-state index in [4.69, 9.17) is 19.6 Å². The van der Waals surface area contributed by atoms with Gasteiger partial charge in [-0.2, -0.15) is 0 Å². The molecule has 0 aliphatic heterocycles. The van der Waals surface area contributed by atoms with Gasteiger partial charge in [-0.3, -0.25) is 19.2 Å². The Bertz CT molecular complexity index is 1380. The van der Waals surface area contributed by atoms with Crippen molar-refractivity contribution in [2.45, 2.75) is 85.7 Å². The maximum absolute atomic E-state index is 13.3. The molecule has 39 heavy (non-hydrogen) atoms. The molecule has 2 saturated carbocycles. The van der Waals surface area contributed by atoms with Gasteiger partial charge in [0.2, 0.25) is 0 Å². The maximum atomic E-state index is 13.3. The van der Waals surface area contributed by atoms with Gasteiger partial charge >= 0.3 is 5.91 Å². The van der Waals surface area contributed by atoms with Crippen LogP contribution in [-0.4, -0.2) is 38.4 Å². The topological polar surface area (TPSA) is 97.6 Å². The van der Waals surface area contributed by atoms with E-state index in [9.17, 15) is 4.79 Å². The number of ether oxygens (including phenoxy) is 1. The predicted octanol–water partition coefficient (Wildman–Crippen LogP) is 6.44. The molecule has 1 amide bonds. The highest BCUT2D eigenvalue weighted by Crippen LogP contribution is 2.46. The van der Waals surface area contributed by atoms with Crippen molar-refractivity contribution in [2.75, 3.05) is 4.90 Å². The number of hydrogen-bond acceptors (Lipinski definition) is 5. The number of carbonyl (C=O) groups excluding carboxylic acids is 1. The van der Waals surface area contributed by atoms with E-state index in [1.807, 2.05) is 33.0 Å². The molecular formula is C31H40N4O4. The lowest BCUT2D eigenvalue weighted by atomic mass is 9.99. The summed E-state index contributed by atoms with van der Waals surface area (Å²) in [5.41, 5.74) is 6.00. The summed E-state index contributed by atoms with van der Waals surface area (Å²) in [7, 11) is 1.90. The van der Waals surface area contributed by atoms with Gasteiger partial charge in [-0.15, -0.1) is 5.10 Å². The first-order valence-corrected chi connectivity index (χ1v) is 13.7. The van der Waals surface area contributed by atoms with E-state index < -0.39 is 0 Å². The molecule has 2 unspecified atom stereocenters. The number of carbonyl (C=O) groups is 2. The largest absolute Gasteiger partial charge is 0.483 e. The van der Waals surface area contributed by atoms with Crippen LogP contribution in [0.4, 0.5) is 11.5 Å². The first-order chi connectivity index (χ1) is 18.8. The Kier molecular flexibility index (Phi) is 10.1. The van der Waals surface area contributed by atoms with Crippen LogP contribution in [0.5, 0.6) is 5.88 Å². The smallest absolute Gasteiger partial charge is 0.308 e. The zero-order valence-electron chi connectivity index (χ0n) is 24.1. The first kappa shape index (κ1) is 29.7. The number of anilines is 2. The van der Waals surface area contributed by atoms with Crippen molar-refractivity contribution < 1.29 is 19.4 Å². The summed E-state index contributed by atoms with van der Waals surface area (Å²) in [6.45, 7) is 11.9. The first-order valence-electron chi connectivity index (χ1n) is 13.7. The van der Waals surface area contributed by atoms with E-state index in [0.717, 1.165) is 42.5 Å². The van der Waals surface area contributed by atoms with E-state index in [1.54, 1.807) is 16.5 Å². The summed E-state index contributed by atoms with van der Waals surface area (Å²) in [6, 6.07) is 8.17. The third-order valence-corrected chi connectivity index (χ3v) is 7.14. The third-order valence-electron chi connectivity index (χ3n) is 7.14. The Labute approximate surface area is 231 Å². The molecule has 8 nitrogen and oxygen atoms in total. The van der Waals surface area contributed by atoms with Crippen LogP contribution < -0.4 is 9.64 Å². The van der Waals surface area contributed by atoms with Crippen molar-refractivity contribution in [1.82, 2.24) is 14.8 Å². The lowest BCUT2D eigenvalue weighted by Crippen LogP contribution is -2.26. The molecule has 2 aliphatic carbocycles. The summed E-state index contributed by atoms with van der Waals surface area (Å²) in [5.74, 6) is 7.45. The number of aryl methyl sites for hydroxylation is 3. The fraction of sp³-hybridized carbons (Fsp3) is 0.484. The SMILES string of the molecule is CC.CC#CC(=O)N(c1ccc2c(n1)c(OC1CCC(C)C1)nn2C)c1cc(C)c(C)cc1C1CC1.O=CO. The molecule has 208 valence electrons. The van der Waals surface area contributed by atoms with Gasteiger partial charge in [-0.1, -0.05) is 32.8 Å². The second-order valence-electron chi connectivity index (χ2n) is 10.0.